The minimum atomic E-state index is -0.362. The maximum atomic E-state index is 11.3. The summed E-state index contributed by atoms with van der Waals surface area (Å²) >= 11 is 0. The number of ether oxygens (including phenoxy) is 1. The predicted octanol–water partition coefficient (Wildman–Crippen LogP) is 3.00. The molecule has 2 aliphatic rings. The second-order valence-corrected chi connectivity index (χ2v) is 5.56. The third kappa shape index (κ3) is 2.71. The third-order valence-electron chi connectivity index (χ3n) is 4.46. The van der Waals surface area contributed by atoms with Gasteiger partial charge in [0.25, 0.3) is 0 Å². The quantitative estimate of drug-likeness (QED) is 0.435. The number of rotatable bonds is 2. The van der Waals surface area contributed by atoms with Crippen molar-refractivity contribution in [2.75, 3.05) is 0 Å². The van der Waals surface area contributed by atoms with Crippen molar-refractivity contribution in [2.45, 2.75) is 45.6 Å². The van der Waals surface area contributed by atoms with Crippen LogP contribution in [0.25, 0.3) is 0 Å². The lowest BCUT2D eigenvalue weighted by molar-refractivity contribution is -0.143. The summed E-state index contributed by atoms with van der Waals surface area (Å²) in [6.07, 6.45) is 4.56. The third-order valence-corrected chi connectivity index (χ3v) is 4.46. The summed E-state index contributed by atoms with van der Waals surface area (Å²) in [4.78, 5) is 22.3. The van der Waals surface area contributed by atoms with Crippen LogP contribution in [0.3, 0.4) is 0 Å². The van der Waals surface area contributed by atoms with Crippen LogP contribution < -0.4 is 0 Å². The molecule has 0 saturated heterocycles. The van der Waals surface area contributed by atoms with E-state index in [1.165, 1.54) is 11.6 Å². The lowest BCUT2D eigenvalue weighted by Crippen LogP contribution is -2.16. The lowest BCUT2D eigenvalue weighted by Gasteiger charge is -2.18. The molecule has 19 heavy (non-hydrogen) atoms. The number of esters is 1. The highest BCUT2D eigenvalue weighted by Crippen LogP contribution is 2.45. The van der Waals surface area contributed by atoms with Crippen molar-refractivity contribution in [2.24, 2.45) is 11.8 Å². The minimum Gasteiger partial charge on any atom is -0.459 e. The molecule has 3 heteroatoms. The molecule has 3 nitrogen and oxygen atoms in total. The van der Waals surface area contributed by atoms with Crippen molar-refractivity contribution in [1.82, 2.24) is 0 Å². The Hall–Kier alpha value is -1.60. The highest BCUT2D eigenvalue weighted by atomic mass is 16.5. The molecule has 0 spiro atoms. The van der Waals surface area contributed by atoms with Crippen molar-refractivity contribution in [3.63, 3.8) is 0 Å². The first-order chi connectivity index (χ1) is 9.06. The average molecular weight is 260 g/mol. The Morgan fingerprint density at radius 3 is 2.79 bits per heavy atom. The van der Waals surface area contributed by atoms with Crippen molar-refractivity contribution in [3.8, 4) is 0 Å². The van der Waals surface area contributed by atoms with Crippen LogP contribution in [0, 0.1) is 11.8 Å². The molecule has 102 valence electrons. The van der Waals surface area contributed by atoms with Crippen LogP contribution in [0.4, 0.5) is 0 Å². The summed E-state index contributed by atoms with van der Waals surface area (Å²) in [7, 11) is 0. The molecule has 1 saturated carbocycles. The van der Waals surface area contributed by atoms with Crippen LogP contribution >= 0.6 is 0 Å². The van der Waals surface area contributed by atoms with Gasteiger partial charge in [0.1, 0.15) is 12.0 Å². The Bertz CT molecular complexity index is 480. The van der Waals surface area contributed by atoms with Gasteiger partial charge in [-0.3, -0.25) is 0 Å². The van der Waals surface area contributed by atoms with E-state index in [1.807, 2.05) is 6.92 Å². The zero-order chi connectivity index (χ0) is 14.0. The van der Waals surface area contributed by atoms with E-state index in [2.05, 4.69) is 19.4 Å². The molecule has 0 aromatic carbocycles. The summed E-state index contributed by atoms with van der Waals surface area (Å²) in [5, 5.41) is 0. The van der Waals surface area contributed by atoms with Crippen LogP contribution in [0.5, 0.6) is 0 Å². The van der Waals surface area contributed by atoms with Gasteiger partial charge in [0, 0.05) is 18.1 Å². The SMILES string of the molecule is C=CC(=O)O[C@@H]1CC[C@H](C)[C@@H]2CC(=C=O)C(C)=C2C1. The van der Waals surface area contributed by atoms with Gasteiger partial charge in [-0.1, -0.05) is 19.1 Å². The van der Waals surface area contributed by atoms with Gasteiger partial charge in [0.15, 0.2) is 0 Å². The lowest BCUT2D eigenvalue weighted by atomic mass is 9.86. The molecule has 0 amide bonds. The molecule has 2 rings (SSSR count). The second-order valence-electron chi connectivity index (χ2n) is 5.56. The normalized spacial score (nSPS) is 30.4. The van der Waals surface area contributed by atoms with Crippen LogP contribution in [0.1, 0.15) is 39.5 Å². The number of carbonyl (C=O) groups is 1. The molecule has 0 bridgehead atoms. The Kier molecular flexibility index (Phi) is 4.06. The molecule has 0 aromatic heterocycles. The van der Waals surface area contributed by atoms with Crippen molar-refractivity contribution in [3.05, 3.63) is 29.4 Å². The molecule has 3 atom stereocenters. The van der Waals surface area contributed by atoms with Crippen molar-refractivity contribution in [1.29, 1.82) is 0 Å². The van der Waals surface area contributed by atoms with Gasteiger partial charge in [-0.05, 0) is 43.6 Å². The molecule has 0 N–H and O–H groups in total. The number of allylic oxidation sites excluding steroid dienone is 2. The first-order valence-electron chi connectivity index (χ1n) is 6.83. The summed E-state index contributed by atoms with van der Waals surface area (Å²) in [5.74, 6) is 2.64. The fourth-order valence-corrected chi connectivity index (χ4v) is 3.25. The maximum Gasteiger partial charge on any atom is 0.330 e. The van der Waals surface area contributed by atoms with Crippen LogP contribution in [0.15, 0.2) is 29.4 Å². The molecule has 0 radical (unpaired) electrons. The Balaban J connectivity index is 2.24. The van der Waals surface area contributed by atoms with Gasteiger partial charge in [-0.2, -0.15) is 0 Å². The highest BCUT2D eigenvalue weighted by Gasteiger charge is 2.36. The molecule has 0 unspecified atom stereocenters. The van der Waals surface area contributed by atoms with Crippen LogP contribution in [0.2, 0.25) is 0 Å². The van der Waals surface area contributed by atoms with E-state index in [4.69, 9.17) is 4.74 Å². The Labute approximate surface area is 114 Å². The summed E-state index contributed by atoms with van der Waals surface area (Å²) in [6, 6.07) is 0. The summed E-state index contributed by atoms with van der Waals surface area (Å²) in [6.45, 7) is 7.63. The van der Waals surface area contributed by atoms with Crippen molar-refractivity contribution < 1.29 is 14.3 Å². The molecule has 2 aliphatic carbocycles. The van der Waals surface area contributed by atoms with Crippen molar-refractivity contribution >= 4 is 11.9 Å². The first-order valence-corrected chi connectivity index (χ1v) is 6.83. The molecule has 0 heterocycles. The maximum absolute atomic E-state index is 11.3. The second kappa shape index (κ2) is 5.58. The highest BCUT2D eigenvalue weighted by molar-refractivity contribution is 5.81. The summed E-state index contributed by atoms with van der Waals surface area (Å²) in [5.41, 5.74) is 3.14. The summed E-state index contributed by atoms with van der Waals surface area (Å²) < 4.78 is 5.40. The number of carbonyl (C=O) groups excluding carboxylic acids is 2. The van der Waals surface area contributed by atoms with Gasteiger partial charge in [0.2, 0.25) is 0 Å². The Morgan fingerprint density at radius 1 is 1.42 bits per heavy atom. The molecule has 1 fully saturated rings. The fourth-order valence-electron chi connectivity index (χ4n) is 3.25. The fraction of sp³-hybridized carbons (Fsp3) is 0.562. The van der Waals surface area contributed by atoms with Gasteiger partial charge < -0.3 is 4.74 Å². The van der Waals surface area contributed by atoms with E-state index in [0.29, 0.717) is 11.8 Å². The molecule has 0 aromatic rings. The standard InChI is InChI=1S/C16H20O3/c1-4-16(18)19-13-6-5-10(2)14-7-12(9-17)11(3)15(14)8-13/h4,10,13-14H,1,5-8H2,2-3H3/t10-,13+,14-/m0/s1. The van der Waals surface area contributed by atoms with E-state index in [9.17, 15) is 9.59 Å². The number of hydrogen-bond donors (Lipinski definition) is 0. The predicted molar refractivity (Wildman–Crippen MR) is 73.1 cm³/mol. The zero-order valence-electron chi connectivity index (χ0n) is 11.6. The molecule has 0 aliphatic heterocycles. The first kappa shape index (κ1) is 13.8. The van der Waals surface area contributed by atoms with Gasteiger partial charge in [-0.25, -0.2) is 9.59 Å². The van der Waals surface area contributed by atoms with E-state index < -0.39 is 0 Å². The van der Waals surface area contributed by atoms with Crippen LogP contribution in [-0.4, -0.2) is 18.0 Å². The van der Waals surface area contributed by atoms with E-state index in [1.54, 1.807) is 0 Å². The van der Waals surface area contributed by atoms with E-state index in [0.717, 1.165) is 36.8 Å². The van der Waals surface area contributed by atoms with Crippen LogP contribution in [-0.2, 0) is 14.3 Å². The number of hydrogen-bond acceptors (Lipinski definition) is 3. The van der Waals surface area contributed by atoms with Gasteiger partial charge >= 0.3 is 5.97 Å². The topological polar surface area (TPSA) is 43.4 Å². The monoisotopic (exact) mass is 260 g/mol. The van der Waals surface area contributed by atoms with E-state index in [-0.39, 0.29) is 12.1 Å². The largest absolute Gasteiger partial charge is 0.459 e. The molecular weight excluding hydrogens is 240 g/mol. The van der Waals surface area contributed by atoms with Gasteiger partial charge in [0.05, 0.1) is 0 Å². The zero-order valence-corrected chi connectivity index (χ0v) is 11.6. The Morgan fingerprint density at radius 2 is 2.16 bits per heavy atom. The van der Waals surface area contributed by atoms with Gasteiger partial charge in [-0.15, -0.1) is 0 Å². The van der Waals surface area contributed by atoms with E-state index >= 15 is 0 Å². The number of fused-ring (bicyclic) bond motifs is 1. The minimum absolute atomic E-state index is 0.0890. The average Bonchev–Trinajstić information content (AvgIpc) is 2.63. The smallest absolute Gasteiger partial charge is 0.330 e. The molecular formula is C16H20O3.